The molecule has 0 N–H and O–H groups in total. The van der Waals surface area contributed by atoms with Crippen molar-refractivity contribution in [3.05, 3.63) is 489 Å². The molecule has 3 nitrogen and oxygen atoms in total. The normalized spacial score (nSPS) is 12.0. The zero-order chi connectivity index (χ0) is 80.2. The van der Waals surface area contributed by atoms with E-state index in [1.807, 2.05) is 0 Å². The summed E-state index contributed by atoms with van der Waals surface area (Å²) in [6.45, 7) is 0. The molecular weight excluding hydrogens is 1460 g/mol. The predicted octanol–water partition coefficient (Wildman–Crippen LogP) is 30.9. The van der Waals surface area contributed by atoms with Crippen LogP contribution in [-0.4, -0.2) is 15.0 Å². The minimum Gasteiger partial charge on any atom is -0.208 e. The molecule has 0 bridgehead atoms. The summed E-state index contributed by atoms with van der Waals surface area (Å²) in [5.41, 5.74) is 42.8. The van der Waals surface area contributed by atoms with Crippen LogP contribution in [0.1, 0.15) is 22.3 Å². The van der Waals surface area contributed by atoms with Gasteiger partial charge in [0.05, 0.1) is 5.41 Å². The van der Waals surface area contributed by atoms with Crippen LogP contribution in [0.15, 0.2) is 467 Å². The van der Waals surface area contributed by atoms with E-state index in [0.29, 0.717) is 17.5 Å². The molecule has 3 heteroatoms. The summed E-state index contributed by atoms with van der Waals surface area (Å²) < 4.78 is 0. The Morgan fingerprint density at radius 1 is 0.107 bits per heavy atom. The minimum absolute atomic E-state index is 0.400. The summed E-state index contributed by atoms with van der Waals surface area (Å²) in [6.07, 6.45) is 0. The van der Waals surface area contributed by atoms with Crippen LogP contribution in [0, 0.1) is 0 Å². The number of aromatic nitrogens is 3. The second-order valence-electron chi connectivity index (χ2n) is 31.7. The number of rotatable bonds is 16. The van der Waals surface area contributed by atoms with Crippen molar-refractivity contribution in [2.75, 3.05) is 0 Å². The van der Waals surface area contributed by atoms with Gasteiger partial charge in [0.15, 0.2) is 17.5 Å². The molecular formula is C118H77N3. The topological polar surface area (TPSA) is 38.7 Å². The number of benzene rings is 19. The van der Waals surface area contributed by atoms with Crippen molar-refractivity contribution in [3.63, 3.8) is 0 Å². The fourth-order valence-corrected chi connectivity index (χ4v) is 18.6. The maximum absolute atomic E-state index is 5.40. The van der Waals surface area contributed by atoms with E-state index in [-0.39, 0.29) is 0 Å². The summed E-state index contributed by atoms with van der Waals surface area (Å²) in [7, 11) is 0. The van der Waals surface area contributed by atoms with Crippen molar-refractivity contribution < 1.29 is 0 Å². The van der Waals surface area contributed by atoms with E-state index in [1.54, 1.807) is 0 Å². The SMILES string of the molecule is c1ccc(-c2cccc(-c3cccc(-c4ccc(-c5nc(-c6cccc(-c7cccc(-c8cccc(-c9cccc(-c%10ccccc%10)c9)c8)c7)c6)nc(-c6cccc(-c7cccc(-c8cccc(-c9cccc(-c%10cccc(-c%11cccc(-c%12ccc%13c(c%12)C%12(c%14ccccc%14-c%14ccccc%14%12)c%12ccccc%12-%13)c%11)c%10)c9)c8)c7)c6)n5)cc4)c3)c2)cc1. The zero-order valence-electron chi connectivity index (χ0n) is 66.3. The molecule has 0 atom stereocenters. The summed E-state index contributed by atoms with van der Waals surface area (Å²) in [6, 6.07) is 170. The molecule has 0 saturated carbocycles. The van der Waals surface area contributed by atoms with Crippen LogP contribution in [0.5, 0.6) is 0 Å². The van der Waals surface area contributed by atoms with Crippen molar-refractivity contribution in [2.24, 2.45) is 0 Å². The van der Waals surface area contributed by atoms with Crippen LogP contribution >= 0.6 is 0 Å². The van der Waals surface area contributed by atoms with Crippen LogP contribution in [0.2, 0.25) is 0 Å². The second-order valence-corrected chi connectivity index (χ2v) is 31.7. The van der Waals surface area contributed by atoms with Gasteiger partial charge in [0.25, 0.3) is 0 Å². The van der Waals surface area contributed by atoms with Crippen molar-refractivity contribution in [1.82, 2.24) is 15.0 Å². The third-order valence-electron chi connectivity index (χ3n) is 24.5. The lowest BCUT2D eigenvalue weighted by atomic mass is 9.70. The standard InChI is InChI=1S/C118H77N3/c1-3-25-78(26-4-1)82-29-13-32-85(65-82)87-34-15-31-84(67-87)80-59-61-81(62-60-80)115-119-116(105-51-23-49-102(75-105)99-46-20-43-96(72-99)89-36-16-35-88(68-89)86-33-14-30-83(66-86)79-27-5-2-6-28-79)121-117(120-115)106-52-24-50-103(76-106)100-47-21-44-97(73-100)94-41-18-39-92(70-94)90-37-17-38-91(69-90)93-40-19-42-95(71-93)98-45-22-48-101(74-98)104-63-64-110-109-55-9-12-58-113(109)118(114(110)77-104)111-56-10-7-53-107(111)108-54-8-11-57-112(108)118/h1-77H. The first kappa shape index (κ1) is 71.7. The first-order valence-electron chi connectivity index (χ1n) is 41.6. The molecule has 1 heterocycles. The van der Waals surface area contributed by atoms with E-state index in [9.17, 15) is 0 Å². The molecule has 0 radical (unpaired) electrons. The first-order chi connectivity index (χ1) is 59.9. The van der Waals surface area contributed by atoms with E-state index in [0.717, 1.165) is 100 Å². The molecule has 20 aromatic rings. The average molecular weight is 1540 g/mol. The predicted molar refractivity (Wildman–Crippen MR) is 503 cm³/mol. The summed E-state index contributed by atoms with van der Waals surface area (Å²) >= 11 is 0. The van der Waals surface area contributed by atoms with Gasteiger partial charge in [-0.2, -0.15) is 0 Å². The Kier molecular flexibility index (Phi) is 18.2. The summed E-state index contributed by atoms with van der Waals surface area (Å²) in [4.78, 5) is 16.1. The van der Waals surface area contributed by atoms with Crippen LogP contribution in [0.25, 0.3) is 201 Å². The van der Waals surface area contributed by atoms with Gasteiger partial charge in [-0.05, 0) is 268 Å². The molecule has 2 aliphatic carbocycles. The smallest absolute Gasteiger partial charge is 0.164 e. The quantitative estimate of drug-likeness (QED) is 0.0968. The van der Waals surface area contributed by atoms with Gasteiger partial charge in [0, 0.05) is 16.7 Å². The molecule has 121 heavy (non-hydrogen) atoms. The highest BCUT2D eigenvalue weighted by molar-refractivity contribution is 5.97. The Morgan fingerprint density at radius 3 is 0.537 bits per heavy atom. The summed E-state index contributed by atoms with van der Waals surface area (Å²) in [5.74, 6) is 1.75. The van der Waals surface area contributed by atoms with Gasteiger partial charge in [-0.15, -0.1) is 0 Å². The van der Waals surface area contributed by atoms with Crippen molar-refractivity contribution in [1.29, 1.82) is 0 Å². The van der Waals surface area contributed by atoms with Gasteiger partial charge in [-0.3, -0.25) is 0 Å². The summed E-state index contributed by atoms with van der Waals surface area (Å²) in [5, 5.41) is 0. The van der Waals surface area contributed by atoms with Gasteiger partial charge in [-0.1, -0.05) is 388 Å². The van der Waals surface area contributed by atoms with Gasteiger partial charge in [-0.25, -0.2) is 15.0 Å². The molecule has 0 saturated heterocycles. The van der Waals surface area contributed by atoms with E-state index in [4.69, 9.17) is 15.0 Å². The Morgan fingerprint density at radius 2 is 0.273 bits per heavy atom. The lowest BCUT2D eigenvalue weighted by Crippen LogP contribution is -2.25. The van der Waals surface area contributed by atoms with E-state index >= 15 is 0 Å². The molecule has 0 fully saturated rings. The fourth-order valence-electron chi connectivity index (χ4n) is 18.6. The van der Waals surface area contributed by atoms with Gasteiger partial charge in [0.2, 0.25) is 0 Å². The highest BCUT2D eigenvalue weighted by Gasteiger charge is 2.51. The monoisotopic (exact) mass is 1540 g/mol. The molecule has 1 aromatic heterocycles. The van der Waals surface area contributed by atoms with E-state index in [2.05, 4.69) is 467 Å². The Labute approximate surface area is 706 Å². The molecule has 1 spiro atoms. The number of fused-ring (bicyclic) bond motifs is 10. The van der Waals surface area contributed by atoms with Crippen molar-refractivity contribution in [2.45, 2.75) is 5.41 Å². The third-order valence-corrected chi connectivity index (χ3v) is 24.5. The van der Waals surface area contributed by atoms with Crippen LogP contribution in [0.3, 0.4) is 0 Å². The van der Waals surface area contributed by atoms with Gasteiger partial charge in [0.1, 0.15) is 0 Å². The Bertz CT molecular complexity index is 7330. The van der Waals surface area contributed by atoms with Gasteiger partial charge >= 0.3 is 0 Å². The maximum Gasteiger partial charge on any atom is 0.164 e. The number of nitrogens with zero attached hydrogens (tertiary/aromatic N) is 3. The molecule has 0 amide bonds. The van der Waals surface area contributed by atoms with Gasteiger partial charge < -0.3 is 0 Å². The molecule has 0 aliphatic heterocycles. The molecule has 22 rings (SSSR count). The van der Waals surface area contributed by atoms with Crippen molar-refractivity contribution >= 4 is 0 Å². The van der Waals surface area contributed by atoms with Crippen LogP contribution in [-0.2, 0) is 5.41 Å². The van der Waals surface area contributed by atoms with E-state index in [1.165, 1.54) is 106 Å². The lowest BCUT2D eigenvalue weighted by Gasteiger charge is -2.30. The third kappa shape index (κ3) is 13.5. The maximum atomic E-state index is 5.40. The highest BCUT2D eigenvalue weighted by Crippen LogP contribution is 2.63. The Hall–Kier alpha value is -15.8. The molecule has 2 aliphatic rings. The number of hydrogen-bond acceptors (Lipinski definition) is 3. The second kappa shape index (κ2) is 30.7. The molecule has 564 valence electrons. The number of hydrogen-bond donors (Lipinski definition) is 0. The van der Waals surface area contributed by atoms with Crippen LogP contribution < -0.4 is 0 Å². The first-order valence-corrected chi connectivity index (χ1v) is 41.6. The fraction of sp³-hybridized carbons (Fsp3) is 0.00847. The van der Waals surface area contributed by atoms with E-state index < -0.39 is 5.41 Å². The molecule has 19 aromatic carbocycles. The largest absolute Gasteiger partial charge is 0.208 e. The van der Waals surface area contributed by atoms with Crippen molar-refractivity contribution in [3.8, 4) is 201 Å². The highest BCUT2D eigenvalue weighted by atomic mass is 15.0. The minimum atomic E-state index is -0.400. The Balaban J connectivity index is 0.555. The zero-order valence-corrected chi connectivity index (χ0v) is 66.3. The lowest BCUT2D eigenvalue weighted by molar-refractivity contribution is 0.794. The molecule has 0 unspecified atom stereocenters. The average Bonchev–Trinajstić information content (AvgIpc) is 1.51. The van der Waals surface area contributed by atoms with Crippen LogP contribution in [0.4, 0.5) is 0 Å².